The highest BCUT2D eigenvalue weighted by atomic mass is 35.5. The number of halogens is 2. The SMILES string of the molecule is CC(OC(=O)c1c2c(nc3ccccc13)CCC2)C(=O)Nc1cc(Cl)cc(Cl)c1. The maximum atomic E-state index is 13.0. The lowest BCUT2D eigenvalue weighted by Gasteiger charge is -2.16. The summed E-state index contributed by atoms with van der Waals surface area (Å²) in [5.41, 5.74) is 3.55. The van der Waals surface area contributed by atoms with Crippen LogP contribution in [-0.4, -0.2) is 23.0 Å². The molecule has 1 aliphatic carbocycles. The Hall–Kier alpha value is -2.63. The smallest absolute Gasteiger partial charge is 0.339 e. The van der Waals surface area contributed by atoms with Crippen LogP contribution in [0.25, 0.3) is 10.9 Å². The molecule has 0 radical (unpaired) electrons. The van der Waals surface area contributed by atoms with Crippen molar-refractivity contribution in [3.05, 3.63) is 69.3 Å². The van der Waals surface area contributed by atoms with E-state index in [1.807, 2.05) is 24.3 Å². The normalized spacial score (nSPS) is 13.8. The van der Waals surface area contributed by atoms with Gasteiger partial charge in [0.15, 0.2) is 6.10 Å². The molecule has 1 N–H and O–H groups in total. The van der Waals surface area contributed by atoms with Crippen LogP contribution in [0, 0.1) is 0 Å². The number of nitrogens with zero attached hydrogens (tertiary/aromatic N) is 1. The first-order valence-electron chi connectivity index (χ1n) is 9.31. The molecular weight excluding hydrogens is 411 g/mol. The van der Waals surface area contributed by atoms with Crippen LogP contribution in [-0.2, 0) is 22.4 Å². The van der Waals surface area contributed by atoms with Gasteiger partial charge in [-0.1, -0.05) is 41.4 Å². The van der Waals surface area contributed by atoms with Gasteiger partial charge < -0.3 is 10.1 Å². The molecule has 29 heavy (non-hydrogen) atoms. The van der Waals surface area contributed by atoms with Crippen LogP contribution in [0.4, 0.5) is 5.69 Å². The largest absolute Gasteiger partial charge is 0.449 e. The average molecular weight is 429 g/mol. The zero-order chi connectivity index (χ0) is 20.5. The zero-order valence-corrected chi connectivity index (χ0v) is 17.2. The summed E-state index contributed by atoms with van der Waals surface area (Å²) in [4.78, 5) is 30.2. The Bertz CT molecular complexity index is 1110. The van der Waals surface area contributed by atoms with E-state index in [0.717, 1.165) is 41.4 Å². The highest BCUT2D eigenvalue weighted by molar-refractivity contribution is 6.35. The second-order valence-corrected chi connectivity index (χ2v) is 7.85. The number of hydrogen-bond donors (Lipinski definition) is 1. The first-order valence-corrected chi connectivity index (χ1v) is 10.1. The Labute approximate surface area is 178 Å². The molecule has 0 fully saturated rings. The predicted octanol–water partition coefficient (Wildman–Crippen LogP) is 5.21. The Morgan fingerprint density at radius 2 is 1.83 bits per heavy atom. The lowest BCUT2D eigenvalue weighted by molar-refractivity contribution is -0.123. The number of ether oxygens (including phenoxy) is 1. The first-order chi connectivity index (χ1) is 13.9. The van der Waals surface area contributed by atoms with Gasteiger partial charge in [-0.3, -0.25) is 9.78 Å². The summed E-state index contributed by atoms with van der Waals surface area (Å²) in [5.74, 6) is -0.986. The Balaban J connectivity index is 1.57. The molecule has 1 unspecified atom stereocenters. The van der Waals surface area contributed by atoms with Gasteiger partial charge >= 0.3 is 5.97 Å². The third kappa shape index (κ3) is 4.07. The Kier molecular flexibility index (Phi) is 5.43. The second kappa shape index (κ2) is 8.01. The van der Waals surface area contributed by atoms with E-state index in [4.69, 9.17) is 27.9 Å². The van der Waals surface area contributed by atoms with Crippen molar-refractivity contribution < 1.29 is 14.3 Å². The summed E-state index contributed by atoms with van der Waals surface area (Å²) in [6, 6.07) is 12.2. The highest BCUT2D eigenvalue weighted by Gasteiger charge is 2.27. The van der Waals surface area contributed by atoms with Crippen molar-refractivity contribution >= 4 is 51.7 Å². The molecule has 1 aliphatic rings. The minimum absolute atomic E-state index is 0.399. The molecule has 5 nitrogen and oxygen atoms in total. The van der Waals surface area contributed by atoms with Gasteiger partial charge in [0.1, 0.15) is 0 Å². The van der Waals surface area contributed by atoms with Gasteiger partial charge in [-0.2, -0.15) is 0 Å². The van der Waals surface area contributed by atoms with Gasteiger partial charge in [-0.25, -0.2) is 4.79 Å². The number of pyridine rings is 1. The van der Waals surface area contributed by atoms with Crippen LogP contribution in [0.2, 0.25) is 10.0 Å². The van der Waals surface area contributed by atoms with Crippen molar-refractivity contribution in [3.8, 4) is 0 Å². The zero-order valence-electron chi connectivity index (χ0n) is 15.7. The number of hydrogen-bond acceptors (Lipinski definition) is 4. The molecule has 1 atom stereocenters. The molecular formula is C22H18Cl2N2O3. The van der Waals surface area contributed by atoms with Gasteiger partial charge in [0.2, 0.25) is 0 Å². The van der Waals surface area contributed by atoms with E-state index in [2.05, 4.69) is 10.3 Å². The topological polar surface area (TPSA) is 68.3 Å². The lowest BCUT2D eigenvalue weighted by Crippen LogP contribution is -2.30. The molecule has 0 bridgehead atoms. The molecule has 2 aromatic carbocycles. The number of aryl methyl sites for hydroxylation is 1. The summed E-state index contributed by atoms with van der Waals surface area (Å²) >= 11 is 11.9. The van der Waals surface area contributed by atoms with Crippen molar-refractivity contribution in [2.24, 2.45) is 0 Å². The lowest BCUT2D eigenvalue weighted by atomic mass is 10.0. The first kappa shape index (κ1) is 19.7. The standard InChI is InChI=1S/C22H18Cl2N2O3/c1-12(21(27)25-15-10-13(23)9-14(24)11-15)29-22(28)20-16-5-2-3-7-18(16)26-19-8-4-6-17(19)20/h2-3,5,7,9-12H,4,6,8H2,1H3,(H,25,27). The number of anilines is 1. The number of amides is 1. The van der Waals surface area contributed by atoms with Gasteiger partial charge in [0.25, 0.3) is 5.91 Å². The van der Waals surface area contributed by atoms with Crippen molar-refractivity contribution in [1.29, 1.82) is 0 Å². The van der Waals surface area contributed by atoms with Crippen LogP contribution < -0.4 is 5.32 Å². The van der Waals surface area contributed by atoms with Crippen LogP contribution in [0.3, 0.4) is 0 Å². The Morgan fingerprint density at radius 3 is 2.59 bits per heavy atom. The fraction of sp³-hybridized carbons (Fsp3) is 0.227. The predicted molar refractivity (Wildman–Crippen MR) is 114 cm³/mol. The molecule has 7 heteroatoms. The molecule has 1 heterocycles. The monoisotopic (exact) mass is 428 g/mol. The third-order valence-corrected chi connectivity index (χ3v) is 5.34. The van der Waals surface area contributed by atoms with E-state index in [9.17, 15) is 9.59 Å². The van der Waals surface area contributed by atoms with Gasteiger partial charge in [-0.05, 0) is 56.0 Å². The average Bonchev–Trinajstić information content (AvgIpc) is 3.12. The fourth-order valence-electron chi connectivity index (χ4n) is 3.59. The van der Waals surface area contributed by atoms with Gasteiger partial charge in [0, 0.05) is 26.8 Å². The van der Waals surface area contributed by atoms with Crippen molar-refractivity contribution in [2.45, 2.75) is 32.3 Å². The van der Waals surface area contributed by atoms with Crippen LogP contribution in [0.5, 0.6) is 0 Å². The van der Waals surface area contributed by atoms with Crippen molar-refractivity contribution in [3.63, 3.8) is 0 Å². The number of esters is 1. The number of fused-ring (bicyclic) bond motifs is 2. The number of nitrogens with one attached hydrogen (secondary N) is 1. The van der Waals surface area contributed by atoms with E-state index in [-0.39, 0.29) is 0 Å². The molecule has 148 valence electrons. The molecule has 1 aromatic heterocycles. The summed E-state index contributed by atoms with van der Waals surface area (Å²) in [6.45, 7) is 1.53. The summed E-state index contributed by atoms with van der Waals surface area (Å²) < 4.78 is 5.52. The summed E-state index contributed by atoms with van der Waals surface area (Å²) in [7, 11) is 0. The second-order valence-electron chi connectivity index (χ2n) is 6.98. The summed E-state index contributed by atoms with van der Waals surface area (Å²) in [6.07, 6.45) is 1.57. The third-order valence-electron chi connectivity index (χ3n) is 4.91. The van der Waals surface area contributed by atoms with E-state index >= 15 is 0 Å². The molecule has 1 amide bonds. The number of aromatic nitrogens is 1. The van der Waals surface area contributed by atoms with Gasteiger partial charge in [-0.15, -0.1) is 0 Å². The molecule has 3 aromatic rings. The molecule has 0 aliphatic heterocycles. The van der Waals surface area contributed by atoms with Gasteiger partial charge in [0.05, 0.1) is 11.1 Å². The maximum absolute atomic E-state index is 13.0. The molecule has 0 saturated carbocycles. The fourth-order valence-corrected chi connectivity index (χ4v) is 4.11. The number of carbonyl (C=O) groups is 2. The maximum Gasteiger partial charge on any atom is 0.339 e. The minimum Gasteiger partial charge on any atom is -0.449 e. The molecule has 0 saturated heterocycles. The van der Waals surface area contributed by atoms with E-state index < -0.39 is 18.0 Å². The van der Waals surface area contributed by atoms with E-state index in [1.165, 1.54) is 6.92 Å². The number of benzene rings is 2. The van der Waals surface area contributed by atoms with Crippen LogP contribution in [0.15, 0.2) is 42.5 Å². The van der Waals surface area contributed by atoms with E-state index in [0.29, 0.717) is 21.3 Å². The highest BCUT2D eigenvalue weighted by Crippen LogP contribution is 2.31. The molecule has 4 rings (SSSR count). The van der Waals surface area contributed by atoms with Crippen molar-refractivity contribution in [2.75, 3.05) is 5.32 Å². The van der Waals surface area contributed by atoms with E-state index in [1.54, 1.807) is 18.2 Å². The van der Waals surface area contributed by atoms with Crippen molar-refractivity contribution in [1.82, 2.24) is 4.98 Å². The quantitative estimate of drug-likeness (QED) is 0.578. The number of rotatable bonds is 4. The van der Waals surface area contributed by atoms with Crippen LogP contribution in [0.1, 0.15) is 35.0 Å². The Morgan fingerprint density at radius 1 is 1.10 bits per heavy atom. The number of para-hydroxylation sites is 1. The van der Waals surface area contributed by atoms with Crippen LogP contribution >= 0.6 is 23.2 Å². The summed E-state index contributed by atoms with van der Waals surface area (Å²) in [5, 5.41) is 4.21. The molecule has 0 spiro atoms. The minimum atomic E-state index is -0.996. The number of carbonyl (C=O) groups excluding carboxylic acids is 2.